The van der Waals surface area contributed by atoms with Crippen molar-refractivity contribution in [1.82, 2.24) is 9.78 Å². The SMILES string of the molecule is CNc1cc(C(F)(F)F)nn1-c1cccc(CN)c1. The highest BCUT2D eigenvalue weighted by Crippen LogP contribution is 2.31. The topological polar surface area (TPSA) is 55.9 Å². The average Bonchev–Trinajstić information content (AvgIpc) is 2.83. The molecule has 0 saturated heterocycles. The Bertz CT molecular complexity index is 575. The maximum absolute atomic E-state index is 12.7. The summed E-state index contributed by atoms with van der Waals surface area (Å²) in [6, 6.07) is 7.87. The third-order valence-corrected chi connectivity index (χ3v) is 2.65. The molecule has 0 atom stereocenters. The minimum Gasteiger partial charge on any atom is -0.373 e. The average molecular weight is 270 g/mol. The molecule has 1 heterocycles. The Labute approximate surface area is 108 Å². The van der Waals surface area contributed by atoms with E-state index in [2.05, 4.69) is 10.4 Å². The van der Waals surface area contributed by atoms with Crippen LogP contribution in [0.3, 0.4) is 0 Å². The Balaban J connectivity index is 2.51. The number of hydrogen-bond donors (Lipinski definition) is 2. The summed E-state index contributed by atoms with van der Waals surface area (Å²) in [6.07, 6.45) is -4.47. The molecule has 19 heavy (non-hydrogen) atoms. The molecule has 3 N–H and O–H groups in total. The van der Waals surface area contributed by atoms with Gasteiger partial charge >= 0.3 is 6.18 Å². The lowest BCUT2D eigenvalue weighted by Gasteiger charge is -2.08. The molecule has 4 nitrogen and oxygen atoms in total. The van der Waals surface area contributed by atoms with E-state index >= 15 is 0 Å². The first kappa shape index (κ1) is 13.4. The number of anilines is 1. The predicted molar refractivity (Wildman–Crippen MR) is 66.0 cm³/mol. The smallest absolute Gasteiger partial charge is 0.373 e. The summed E-state index contributed by atoms with van der Waals surface area (Å²) in [5.74, 6) is 0.265. The molecule has 0 bridgehead atoms. The van der Waals surface area contributed by atoms with Gasteiger partial charge in [0.25, 0.3) is 0 Å². The van der Waals surface area contributed by atoms with Gasteiger partial charge in [-0.1, -0.05) is 12.1 Å². The number of nitrogens with one attached hydrogen (secondary N) is 1. The van der Waals surface area contributed by atoms with Gasteiger partial charge in [-0.15, -0.1) is 0 Å². The Morgan fingerprint density at radius 3 is 2.63 bits per heavy atom. The Morgan fingerprint density at radius 2 is 2.05 bits per heavy atom. The summed E-state index contributed by atoms with van der Waals surface area (Å²) >= 11 is 0. The standard InChI is InChI=1S/C12H13F3N4/c1-17-11-6-10(12(13,14)15)18-19(11)9-4-2-3-8(5-9)7-16/h2-6,17H,7,16H2,1H3. The number of hydrogen-bond acceptors (Lipinski definition) is 3. The van der Waals surface area contributed by atoms with E-state index in [0.717, 1.165) is 11.6 Å². The fourth-order valence-corrected chi connectivity index (χ4v) is 1.71. The molecule has 0 amide bonds. The maximum Gasteiger partial charge on any atom is 0.435 e. The van der Waals surface area contributed by atoms with Crippen LogP contribution < -0.4 is 11.1 Å². The summed E-state index contributed by atoms with van der Waals surface area (Å²) in [4.78, 5) is 0. The summed E-state index contributed by atoms with van der Waals surface area (Å²) in [5.41, 5.74) is 5.93. The van der Waals surface area contributed by atoms with Crippen LogP contribution in [-0.4, -0.2) is 16.8 Å². The van der Waals surface area contributed by atoms with Gasteiger partial charge in [0, 0.05) is 19.7 Å². The van der Waals surface area contributed by atoms with E-state index in [4.69, 9.17) is 5.73 Å². The molecule has 0 radical (unpaired) electrons. The lowest BCUT2D eigenvalue weighted by atomic mass is 10.2. The molecule has 1 aromatic carbocycles. The number of halogens is 3. The van der Waals surface area contributed by atoms with Gasteiger partial charge in [0.05, 0.1) is 5.69 Å². The van der Waals surface area contributed by atoms with Crippen LogP contribution in [-0.2, 0) is 12.7 Å². The molecule has 0 spiro atoms. The molecule has 2 aromatic rings. The largest absolute Gasteiger partial charge is 0.435 e. The molecular formula is C12H13F3N4. The molecule has 0 saturated carbocycles. The van der Waals surface area contributed by atoms with Crippen LogP contribution in [0.1, 0.15) is 11.3 Å². The summed E-state index contributed by atoms with van der Waals surface area (Å²) in [7, 11) is 1.54. The summed E-state index contributed by atoms with van der Waals surface area (Å²) in [6.45, 7) is 0.316. The van der Waals surface area contributed by atoms with Gasteiger partial charge in [-0.05, 0) is 17.7 Å². The van der Waals surface area contributed by atoms with E-state index in [-0.39, 0.29) is 5.82 Å². The Hall–Kier alpha value is -2.02. The molecule has 2 rings (SSSR count). The second kappa shape index (κ2) is 4.93. The molecule has 0 unspecified atom stereocenters. The first-order chi connectivity index (χ1) is 8.95. The second-order valence-corrected chi connectivity index (χ2v) is 3.95. The Kier molecular flexibility index (Phi) is 3.48. The van der Waals surface area contributed by atoms with Gasteiger partial charge in [-0.25, -0.2) is 4.68 Å². The normalized spacial score (nSPS) is 11.6. The number of aromatic nitrogens is 2. The van der Waals surface area contributed by atoms with Crippen LogP contribution in [0.4, 0.5) is 19.0 Å². The summed E-state index contributed by atoms with van der Waals surface area (Å²) in [5, 5.41) is 6.28. The minimum atomic E-state index is -4.47. The first-order valence-corrected chi connectivity index (χ1v) is 5.60. The molecular weight excluding hydrogens is 257 g/mol. The molecule has 1 aromatic heterocycles. The van der Waals surface area contributed by atoms with Crippen molar-refractivity contribution in [2.45, 2.75) is 12.7 Å². The first-order valence-electron chi connectivity index (χ1n) is 5.60. The van der Waals surface area contributed by atoms with Gasteiger partial charge in [-0.2, -0.15) is 18.3 Å². The van der Waals surface area contributed by atoms with E-state index < -0.39 is 11.9 Å². The van der Waals surface area contributed by atoms with Crippen LogP contribution >= 0.6 is 0 Å². The number of alkyl halides is 3. The monoisotopic (exact) mass is 270 g/mol. The van der Waals surface area contributed by atoms with Gasteiger partial charge in [-0.3, -0.25) is 0 Å². The zero-order valence-corrected chi connectivity index (χ0v) is 10.2. The molecule has 0 fully saturated rings. The Morgan fingerprint density at radius 1 is 1.32 bits per heavy atom. The van der Waals surface area contributed by atoms with E-state index in [9.17, 15) is 13.2 Å². The van der Waals surface area contributed by atoms with E-state index in [1.54, 1.807) is 31.3 Å². The molecule has 102 valence electrons. The van der Waals surface area contributed by atoms with Crippen LogP contribution in [0.2, 0.25) is 0 Å². The number of rotatable bonds is 3. The van der Waals surface area contributed by atoms with Crippen molar-refractivity contribution >= 4 is 5.82 Å². The highest BCUT2D eigenvalue weighted by Gasteiger charge is 2.35. The molecule has 0 aliphatic rings. The fraction of sp³-hybridized carbons (Fsp3) is 0.250. The molecule has 0 aliphatic carbocycles. The van der Waals surface area contributed by atoms with Crippen molar-refractivity contribution in [2.75, 3.05) is 12.4 Å². The van der Waals surface area contributed by atoms with Gasteiger partial charge in [0.15, 0.2) is 5.69 Å². The molecule has 7 heteroatoms. The van der Waals surface area contributed by atoms with Crippen LogP contribution in [0.5, 0.6) is 0 Å². The maximum atomic E-state index is 12.7. The zero-order valence-electron chi connectivity index (χ0n) is 10.2. The lowest BCUT2D eigenvalue weighted by molar-refractivity contribution is -0.141. The van der Waals surface area contributed by atoms with Crippen molar-refractivity contribution in [3.8, 4) is 5.69 Å². The highest BCUT2D eigenvalue weighted by atomic mass is 19.4. The van der Waals surface area contributed by atoms with E-state index in [1.165, 1.54) is 4.68 Å². The highest BCUT2D eigenvalue weighted by molar-refractivity contribution is 5.47. The zero-order chi connectivity index (χ0) is 14.0. The van der Waals surface area contributed by atoms with Crippen molar-refractivity contribution in [3.63, 3.8) is 0 Å². The minimum absolute atomic E-state index is 0.265. The van der Waals surface area contributed by atoms with Crippen molar-refractivity contribution < 1.29 is 13.2 Å². The third-order valence-electron chi connectivity index (χ3n) is 2.65. The van der Waals surface area contributed by atoms with Gasteiger partial charge < -0.3 is 11.1 Å². The van der Waals surface area contributed by atoms with Crippen LogP contribution in [0.15, 0.2) is 30.3 Å². The van der Waals surface area contributed by atoms with Gasteiger partial charge in [0.1, 0.15) is 5.82 Å². The third kappa shape index (κ3) is 2.70. The number of benzene rings is 1. The van der Waals surface area contributed by atoms with Gasteiger partial charge in [0.2, 0.25) is 0 Å². The van der Waals surface area contributed by atoms with E-state index in [1.807, 2.05) is 0 Å². The second-order valence-electron chi connectivity index (χ2n) is 3.95. The number of nitrogens with zero attached hydrogens (tertiary/aromatic N) is 2. The quantitative estimate of drug-likeness (QED) is 0.900. The molecule has 0 aliphatic heterocycles. The van der Waals surface area contributed by atoms with Crippen molar-refractivity contribution in [1.29, 1.82) is 0 Å². The van der Waals surface area contributed by atoms with E-state index in [0.29, 0.717) is 12.2 Å². The van der Waals surface area contributed by atoms with Crippen LogP contribution in [0, 0.1) is 0 Å². The predicted octanol–water partition coefficient (Wildman–Crippen LogP) is 2.39. The fourth-order valence-electron chi connectivity index (χ4n) is 1.71. The van der Waals surface area contributed by atoms with Crippen molar-refractivity contribution in [2.24, 2.45) is 5.73 Å². The summed E-state index contributed by atoms with van der Waals surface area (Å²) < 4.78 is 39.2. The lowest BCUT2D eigenvalue weighted by Crippen LogP contribution is -2.08. The number of nitrogens with two attached hydrogens (primary N) is 1. The van der Waals surface area contributed by atoms with Crippen LogP contribution in [0.25, 0.3) is 5.69 Å². The van der Waals surface area contributed by atoms with Crippen molar-refractivity contribution in [3.05, 3.63) is 41.6 Å².